The van der Waals surface area contributed by atoms with E-state index in [1.54, 1.807) is 0 Å². The summed E-state index contributed by atoms with van der Waals surface area (Å²) in [6.45, 7) is 2.24. The molecule has 3 unspecified atom stereocenters. The van der Waals surface area contributed by atoms with Gasteiger partial charge in [-0.1, -0.05) is 6.42 Å². The average molecular weight is 211 g/mol. The van der Waals surface area contributed by atoms with E-state index in [2.05, 4.69) is 12.2 Å². The van der Waals surface area contributed by atoms with Crippen LogP contribution in [0.1, 0.15) is 45.4 Å². The SMILES string of the molecule is CC(NC1CCCC(C(=O)O)C1)C1CC1. The first-order chi connectivity index (χ1) is 7.16. The monoisotopic (exact) mass is 211 g/mol. The van der Waals surface area contributed by atoms with Crippen LogP contribution in [-0.4, -0.2) is 23.2 Å². The fraction of sp³-hybridized carbons (Fsp3) is 0.917. The van der Waals surface area contributed by atoms with E-state index in [-0.39, 0.29) is 5.92 Å². The molecule has 0 saturated heterocycles. The highest BCUT2D eigenvalue weighted by Gasteiger charge is 2.32. The van der Waals surface area contributed by atoms with Crippen molar-refractivity contribution in [1.82, 2.24) is 5.32 Å². The van der Waals surface area contributed by atoms with Crippen LogP contribution in [0.4, 0.5) is 0 Å². The highest BCUT2D eigenvalue weighted by molar-refractivity contribution is 5.70. The van der Waals surface area contributed by atoms with Gasteiger partial charge in [0.2, 0.25) is 0 Å². The molecule has 0 radical (unpaired) electrons. The number of carboxylic acids is 1. The van der Waals surface area contributed by atoms with Crippen molar-refractivity contribution in [2.45, 2.75) is 57.5 Å². The highest BCUT2D eigenvalue weighted by atomic mass is 16.4. The first kappa shape index (κ1) is 10.9. The third-order valence-electron chi connectivity index (χ3n) is 3.85. The molecule has 0 aliphatic heterocycles. The minimum atomic E-state index is -0.611. The molecule has 2 fully saturated rings. The van der Waals surface area contributed by atoms with Gasteiger partial charge in [0.15, 0.2) is 0 Å². The molecule has 2 aliphatic carbocycles. The predicted molar refractivity (Wildman–Crippen MR) is 58.7 cm³/mol. The van der Waals surface area contributed by atoms with E-state index in [0.717, 1.165) is 31.6 Å². The Balaban J connectivity index is 1.78. The van der Waals surface area contributed by atoms with E-state index in [0.29, 0.717) is 12.1 Å². The van der Waals surface area contributed by atoms with Crippen molar-refractivity contribution in [3.05, 3.63) is 0 Å². The lowest BCUT2D eigenvalue weighted by Crippen LogP contribution is -2.41. The molecule has 86 valence electrons. The van der Waals surface area contributed by atoms with Gasteiger partial charge in [0.25, 0.3) is 0 Å². The van der Waals surface area contributed by atoms with E-state index in [4.69, 9.17) is 5.11 Å². The van der Waals surface area contributed by atoms with Crippen molar-refractivity contribution < 1.29 is 9.90 Å². The van der Waals surface area contributed by atoms with Gasteiger partial charge in [-0.25, -0.2) is 0 Å². The lowest BCUT2D eigenvalue weighted by molar-refractivity contribution is -0.143. The van der Waals surface area contributed by atoms with Gasteiger partial charge < -0.3 is 10.4 Å². The lowest BCUT2D eigenvalue weighted by Gasteiger charge is -2.30. The molecule has 0 aromatic carbocycles. The highest BCUT2D eigenvalue weighted by Crippen LogP contribution is 2.33. The Morgan fingerprint density at radius 1 is 1.33 bits per heavy atom. The van der Waals surface area contributed by atoms with Gasteiger partial charge in [-0.05, 0) is 44.9 Å². The standard InChI is InChI=1S/C12H21NO2/c1-8(9-5-6-9)13-11-4-2-3-10(7-11)12(14)15/h8-11,13H,2-7H2,1H3,(H,14,15). The molecule has 15 heavy (non-hydrogen) atoms. The molecule has 2 aliphatic rings. The maximum Gasteiger partial charge on any atom is 0.306 e. The average Bonchev–Trinajstić information content (AvgIpc) is 3.01. The van der Waals surface area contributed by atoms with Crippen LogP contribution in [0.25, 0.3) is 0 Å². The Kier molecular flexibility index (Phi) is 3.29. The van der Waals surface area contributed by atoms with Crippen molar-refractivity contribution in [1.29, 1.82) is 0 Å². The fourth-order valence-electron chi connectivity index (χ4n) is 2.67. The second-order valence-electron chi connectivity index (χ2n) is 5.19. The second-order valence-corrected chi connectivity index (χ2v) is 5.19. The topological polar surface area (TPSA) is 49.3 Å². The summed E-state index contributed by atoms with van der Waals surface area (Å²) in [6.07, 6.45) is 6.61. The number of nitrogens with one attached hydrogen (secondary N) is 1. The first-order valence-electron chi connectivity index (χ1n) is 6.15. The summed E-state index contributed by atoms with van der Waals surface area (Å²) in [5.41, 5.74) is 0. The maximum atomic E-state index is 10.9. The third-order valence-corrected chi connectivity index (χ3v) is 3.85. The van der Waals surface area contributed by atoms with E-state index < -0.39 is 5.97 Å². The molecular formula is C12H21NO2. The molecular weight excluding hydrogens is 190 g/mol. The Hall–Kier alpha value is -0.570. The van der Waals surface area contributed by atoms with Crippen LogP contribution in [0.3, 0.4) is 0 Å². The molecule has 0 heterocycles. The predicted octanol–water partition coefficient (Wildman–Crippen LogP) is 2.02. The zero-order valence-electron chi connectivity index (χ0n) is 9.41. The van der Waals surface area contributed by atoms with Crippen LogP contribution in [0.15, 0.2) is 0 Å². The van der Waals surface area contributed by atoms with Crippen molar-refractivity contribution >= 4 is 5.97 Å². The molecule has 3 nitrogen and oxygen atoms in total. The summed E-state index contributed by atoms with van der Waals surface area (Å²) < 4.78 is 0. The van der Waals surface area contributed by atoms with Gasteiger partial charge in [0, 0.05) is 12.1 Å². The molecule has 2 N–H and O–H groups in total. The minimum Gasteiger partial charge on any atom is -0.481 e. The van der Waals surface area contributed by atoms with Crippen LogP contribution < -0.4 is 5.32 Å². The van der Waals surface area contributed by atoms with Crippen LogP contribution in [0.5, 0.6) is 0 Å². The van der Waals surface area contributed by atoms with E-state index in [9.17, 15) is 4.79 Å². The summed E-state index contributed by atoms with van der Waals surface area (Å²) >= 11 is 0. The summed E-state index contributed by atoms with van der Waals surface area (Å²) in [7, 11) is 0. The Morgan fingerprint density at radius 2 is 2.07 bits per heavy atom. The van der Waals surface area contributed by atoms with Gasteiger partial charge in [0.05, 0.1) is 5.92 Å². The van der Waals surface area contributed by atoms with Crippen LogP contribution >= 0.6 is 0 Å². The van der Waals surface area contributed by atoms with Gasteiger partial charge in [0.1, 0.15) is 0 Å². The number of hydrogen-bond donors (Lipinski definition) is 2. The Labute approximate surface area is 91.2 Å². The normalized spacial score (nSPS) is 33.7. The number of carboxylic acid groups (broad SMARTS) is 1. The van der Waals surface area contributed by atoms with Crippen molar-refractivity contribution in [3.8, 4) is 0 Å². The van der Waals surface area contributed by atoms with Crippen molar-refractivity contribution in [2.24, 2.45) is 11.8 Å². The molecule has 0 bridgehead atoms. The van der Waals surface area contributed by atoms with Gasteiger partial charge in [-0.15, -0.1) is 0 Å². The Bertz CT molecular complexity index is 238. The van der Waals surface area contributed by atoms with E-state index in [1.165, 1.54) is 12.8 Å². The van der Waals surface area contributed by atoms with Gasteiger partial charge >= 0.3 is 5.97 Å². The molecule has 0 amide bonds. The van der Waals surface area contributed by atoms with Gasteiger partial charge in [-0.3, -0.25) is 4.79 Å². The molecule has 3 heteroatoms. The zero-order chi connectivity index (χ0) is 10.8. The van der Waals surface area contributed by atoms with Crippen molar-refractivity contribution in [2.75, 3.05) is 0 Å². The largest absolute Gasteiger partial charge is 0.481 e. The number of carbonyl (C=O) groups is 1. The second kappa shape index (κ2) is 4.52. The third kappa shape index (κ3) is 2.94. The fourth-order valence-corrected chi connectivity index (χ4v) is 2.67. The summed E-state index contributed by atoms with van der Waals surface area (Å²) in [5.74, 6) is 0.137. The first-order valence-corrected chi connectivity index (χ1v) is 6.15. The Morgan fingerprint density at radius 3 is 2.67 bits per heavy atom. The number of hydrogen-bond acceptors (Lipinski definition) is 2. The molecule has 0 aromatic rings. The van der Waals surface area contributed by atoms with Crippen LogP contribution in [0.2, 0.25) is 0 Å². The minimum absolute atomic E-state index is 0.109. The molecule has 0 aromatic heterocycles. The molecule has 3 atom stereocenters. The molecule has 2 rings (SSSR count). The summed E-state index contributed by atoms with van der Waals surface area (Å²) in [5, 5.41) is 12.6. The maximum absolute atomic E-state index is 10.9. The van der Waals surface area contributed by atoms with E-state index in [1.807, 2.05) is 0 Å². The zero-order valence-corrected chi connectivity index (χ0v) is 9.41. The molecule has 2 saturated carbocycles. The quantitative estimate of drug-likeness (QED) is 0.748. The summed E-state index contributed by atoms with van der Waals surface area (Å²) in [4.78, 5) is 10.9. The van der Waals surface area contributed by atoms with E-state index >= 15 is 0 Å². The number of aliphatic carboxylic acids is 1. The summed E-state index contributed by atoms with van der Waals surface area (Å²) in [6, 6.07) is 1.03. The van der Waals surface area contributed by atoms with Gasteiger partial charge in [-0.2, -0.15) is 0 Å². The van der Waals surface area contributed by atoms with Crippen LogP contribution in [-0.2, 0) is 4.79 Å². The van der Waals surface area contributed by atoms with Crippen molar-refractivity contribution in [3.63, 3.8) is 0 Å². The number of rotatable bonds is 4. The van der Waals surface area contributed by atoms with Crippen LogP contribution in [0, 0.1) is 11.8 Å². The molecule has 0 spiro atoms. The lowest BCUT2D eigenvalue weighted by atomic mass is 9.85. The smallest absolute Gasteiger partial charge is 0.306 e.